The normalized spacial score (nSPS) is 13.3. The van der Waals surface area contributed by atoms with Gasteiger partial charge in [0, 0.05) is 0 Å². The maximum atomic E-state index is 12.5. The summed E-state index contributed by atoms with van der Waals surface area (Å²) >= 11 is 0. The first kappa shape index (κ1) is 12.9. The highest BCUT2D eigenvalue weighted by molar-refractivity contribution is 6.03. The summed E-state index contributed by atoms with van der Waals surface area (Å²) < 4.78 is 0. The molecule has 3 nitrogen and oxygen atoms in total. The van der Waals surface area contributed by atoms with Crippen LogP contribution in [0, 0.1) is 0 Å². The maximum absolute atomic E-state index is 12.5. The van der Waals surface area contributed by atoms with E-state index in [1.165, 1.54) is 11.1 Å². The number of fused-ring (bicyclic) bond motifs is 2. The van der Waals surface area contributed by atoms with Crippen molar-refractivity contribution in [2.24, 2.45) is 0 Å². The van der Waals surface area contributed by atoms with E-state index in [0.29, 0.717) is 6.54 Å². The Morgan fingerprint density at radius 3 is 2.00 bits per heavy atom. The van der Waals surface area contributed by atoms with Gasteiger partial charge in [0.25, 0.3) is 0 Å². The van der Waals surface area contributed by atoms with Crippen molar-refractivity contribution in [3.8, 4) is 0 Å². The zero-order chi connectivity index (χ0) is 13.9. The standard InChI is InChI=1S/C17H18N2O/c1-18-12-17(20)19-15-8-4-2-6-13(15)10-11-14-7-3-5-9-16(14)19/h2-9,18H,10-12H2,1H3. The molecule has 0 bridgehead atoms. The van der Waals surface area contributed by atoms with E-state index >= 15 is 0 Å². The predicted molar refractivity (Wildman–Crippen MR) is 81.4 cm³/mol. The number of benzene rings is 2. The van der Waals surface area contributed by atoms with E-state index < -0.39 is 0 Å². The molecule has 0 aromatic heterocycles. The lowest BCUT2D eigenvalue weighted by molar-refractivity contribution is -0.117. The van der Waals surface area contributed by atoms with E-state index in [0.717, 1.165) is 24.2 Å². The number of nitrogens with one attached hydrogen (secondary N) is 1. The van der Waals surface area contributed by atoms with Crippen LogP contribution in [0.4, 0.5) is 11.4 Å². The summed E-state index contributed by atoms with van der Waals surface area (Å²) in [6, 6.07) is 16.3. The highest BCUT2D eigenvalue weighted by Crippen LogP contribution is 2.35. The van der Waals surface area contributed by atoms with Crippen LogP contribution >= 0.6 is 0 Å². The van der Waals surface area contributed by atoms with Gasteiger partial charge in [-0.2, -0.15) is 0 Å². The third-order valence-corrected chi connectivity index (χ3v) is 3.71. The molecule has 0 unspecified atom stereocenters. The molecule has 1 aliphatic heterocycles. The van der Waals surface area contributed by atoms with E-state index in [2.05, 4.69) is 17.4 Å². The smallest absolute Gasteiger partial charge is 0.245 e. The summed E-state index contributed by atoms with van der Waals surface area (Å²) in [6.45, 7) is 0.336. The van der Waals surface area contributed by atoms with Crippen molar-refractivity contribution in [3.63, 3.8) is 0 Å². The molecule has 3 rings (SSSR count). The zero-order valence-corrected chi connectivity index (χ0v) is 11.6. The van der Waals surface area contributed by atoms with Crippen LogP contribution in [0.2, 0.25) is 0 Å². The Hall–Kier alpha value is -2.13. The number of para-hydroxylation sites is 2. The fraction of sp³-hybridized carbons (Fsp3) is 0.235. The minimum absolute atomic E-state index is 0.0781. The maximum Gasteiger partial charge on any atom is 0.245 e. The summed E-state index contributed by atoms with van der Waals surface area (Å²) in [5.74, 6) is 0.0781. The minimum Gasteiger partial charge on any atom is -0.311 e. The molecule has 0 fully saturated rings. The second-order valence-corrected chi connectivity index (χ2v) is 5.02. The Kier molecular flexibility index (Phi) is 3.52. The molecule has 1 amide bonds. The number of rotatable bonds is 2. The number of anilines is 2. The van der Waals surface area contributed by atoms with Crippen LogP contribution in [-0.4, -0.2) is 19.5 Å². The molecule has 0 saturated heterocycles. The first-order valence-electron chi connectivity index (χ1n) is 6.94. The average molecular weight is 266 g/mol. The van der Waals surface area contributed by atoms with Crippen LogP contribution in [0.15, 0.2) is 48.5 Å². The summed E-state index contributed by atoms with van der Waals surface area (Å²) in [5.41, 5.74) is 4.48. The van der Waals surface area contributed by atoms with E-state index in [1.807, 2.05) is 41.3 Å². The van der Waals surface area contributed by atoms with Crippen LogP contribution in [0.5, 0.6) is 0 Å². The van der Waals surface area contributed by atoms with E-state index in [-0.39, 0.29) is 5.91 Å². The highest BCUT2D eigenvalue weighted by atomic mass is 16.2. The predicted octanol–water partition coefficient (Wildman–Crippen LogP) is 2.67. The highest BCUT2D eigenvalue weighted by Gasteiger charge is 2.24. The molecule has 0 aliphatic carbocycles. The SMILES string of the molecule is CNCC(=O)N1c2ccccc2CCc2ccccc21. The molecule has 1 N–H and O–H groups in total. The molecule has 1 heterocycles. The van der Waals surface area contributed by atoms with Crippen molar-refractivity contribution in [1.29, 1.82) is 0 Å². The molecule has 2 aromatic rings. The van der Waals surface area contributed by atoms with Crippen molar-refractivity contribution in [3.05, 3.63) is 59.7 Å². The quantitative estimate of drug-likeness (QED) is 0.906. The van der Waals surface area contributed by atoms with Gasteiger partial charge in [-0.05, 0) is 43.1 Å². The number of aryl methyl sites for hydroxylation is 2. The van der Waals surface area contributed by atoms with Gasteiger partial charge in [-0.15, -0.1) is 0 Å². The first-order valence-corrected chi connectivity index (χ1v) is 6.94. The van der Waals surface area contributed by atoms with Crippen LogP contribution in [0.3, 0.4) is 0 Å². The Morgan fingerprint density at radius 1 is 1.00 bits per heavy atom. The van der Waals surface area contributed by atoms with Crippen molar-refractivity contribution in [2.45, 2.75) is 12.8 Å². The van der Waals surface area contributed by atoms with Crippen molar-refractivity contribution >= 4 is 17.3 Å². The molecular formula is C17H18N2O. The van der Waals surface area contributed by atoms with Crippen LogP contribution in [0.25, 0.3) is 0 Å². The number of likely N-dealkylation sites (N-methyl/N-ethyl adjacent to an activating group) is 1. The van der Waals surface area contributed by atoms with Gasteiger partial charge in [0.1, 0.15) is 0 Å². The Bertz CT molecular complexity index is 589. The second kappa shape index (κ2) is 5.47. The Morgan fingerprint density at radius 2 is 1.50 bits per heavy atom. The lowest BCUT2D eigenvalue weighted by Gasteiger charge is -2.24. The van der Waals surface area contributed by atoms with Gasteiger partial charge in [0.15, 0.2) is 0 Å². The summed E-state index contributed by atoms with van der Waals surface area (Å²) in [5, 5.41) is 2.96. The van der Waals surface area contributed by atoms with E-state index in [1.54, 1.807) is 7.05 Å². The van der Waals surface area contributed by atoms with Gasteiger partial charge < -0.3 is 5.32 Å². The molecule has 0 spiro atoms. The largest absolute Gasteiger partial charge is 0.311 e. The summed E-state index contributed by atoms with van der Waals surface area (Å²) in [7, 11) is 1.80. The molecule has 102 valence electrons. The van der Waals surface area contributed by atoms with Gasteiger partial charge in [0.05, 0.1) is 17.9 Å². The zero-order valence-electron chi connectivity index (χ0n) is 11.6. The van der Waals surface area contributed by atoms with Gasteiger partial charge in [0.2, 0.25) is 5.91 Å². The molecule has 2 aromatic carbocycles. The molecule has 0 atom stereocenters. The molecule has 20 heavy (non-hydrogen) atoms. The van der Waals surface area contributed by atoms with Gasteiger partial charge >= 0.3 is 0 Å². The number of amides is 1. The third kappa shape index (κ3) is 2.21. The summed E-state index contributed by atoms with van der Waals surface area (Å²) in [6.07, 6.45) is 1.94. The lowest BCUT2D eigenvalue weighted by atomic mass is 10.0. The monoisotopic (exact) mass is 266 g/mol. The number of hydrogen-bond donors (Lipinski definition) is 1. The second-order valence-electron chi connectivity index (χ2n) is 5.02. The molecule has 1 aliphatic rings. The average Bonchev–Trinajstić information content (AvgIpc) is 2.64. The van der Waals surface area contributed by atoms with Gasteiger partial charge in [-0.3, -0.25) is 9.69 Å². The minimum atomic E-state index is 0.0781. The van der Waals surface area contributed by atoms with E-state index in [9.17, 15) is 4.79 Å². The number of nitrogens with zero attached hydrogens (tertiary/aromatic N) is 1. The topological polar surface area (TPSA) is 32.3 Å². The number of carbonyl (C=O) groups is 1. The van der Waals surface area contributed by atoms with Crippen LogP contribution in [0.1, 0.15) is 11.1 Å². The fourth-order valence-electron chi connectivity index (χ4n) is 2.78. The lowest BCUT2D eigenvalue weighted by Crippen LogP contribution is -2.34. The van der Waals surface area contributed by atoms with Crippen LogP contribution in [-0.2, 0) is 17.6 Å². The van der Waals surface area contributed by atoms with Crippen LogP contribution < -0.4 is 10.2 Å². The molecule has 3 heteroatoms. The fourth-order valence-corrected chi connectivity index (χ4v) is 2.78. The number of carbonyl (C=O) groups excluding carboxylic acids is 1. The molecule has 0 saturated carbocycles. The number of hydrogen-bond acceptors (Lipinski definition) is 2. The molecular weight excluding hydrogens is 248 g/mol. The van der Waals surface area contributed by atoms with Crippen molar-refractivity contribution in [2.75, 3.05) is 18.5 Å². The summed E-state index contributed by atoms with van der Waals surface area (Å²) in [4.78, 5) is 14.4. The van der Waals surface area contributed by atoms with Crippen molar-refractivity contribution < 1.29 is 4.79 Å². The van der Waals surface area contributed by atoms with Gasteiger partial charge in [-0.25, -0.2) is 0 Å². The third-order valence-electron chi connectivity index (χ3n) is 3.71. The Labute approximate surface area is 119 Å². The van der Waals surface area contributed by atoms with Crippen molar-refractivity contribution in [1.82, 2.24) is 5.32 Å². The van der Waals surface area contributed by atoms with E-state index in [4.69, 9.17) is 0 Å². The Balaban J connectivity index is 2.16. The molecule has 0 radical (unpaired) electrons. The van der Waals surface area contributed by atoms with Gasteiger partial charge in [-0.1, -0.05) is 36.4 Å². The first-order chi connectivity index (χ1) is 9.81.